The molecule has 0 spiro atoms. The molecular weight excluding hydrogens is 575 g/mol. The number of hydrogen-bond acceptors (Lipinski definition) is 6. The van der Waals surface area contributed by atoms with Crippen LogP contribution >= 0.6 is 0 Å². The second-order valence-electron chi connectivity index (χ2n) is 8.57. The van der Waals surface area contributed by atoms with E-state index in [-0.39, 0.29) is 24.6 Å². The molecule has 1 N–H and O–H groups in total. The van der Waals surface area contributed by atoms with Crippen molar-refractivity contribution in [3.63, 3.8) is 0 Å². The van der Waals surface area contributed by atoms with E-state index in [1.54, 1.807) is 25.8 Å². The van der Waals surface area contributed by atoms with Crippen molar-refractivity contribution in [2.24, 2.45) is 0 Å². The highest BCUT2D eigenvalue weighted by Gasteiger charge is 2.38. The van der Waals surface area contributed by atoms with Crippen molar-refractivity contribution in [3.05, 3.63) is 64.2 Å². The summed E-state index contributed by atoms with van der Waals surface area (Å²) in [7, 11) is 1.63. The Morgan fingerprint density at radius 3 is 1.76 bits per heavy atom. The maximum absolute atomic E-state index is 13.3. The minimum Gasteiger partial charge on any atom is -0.468 e. The minimum atomic E-state index is -5.12. The fourth-order valence-corrected chi connectivity index (χ4v) is 3.58. The van der Waals surface area contributed by atoms with Crippen molar-refractivity contribution in [1.29, 1.82) is 0 Å². The van der Waals surface area contributed by atoms with E-state index in [1.807, 2.05) is 0 Å². The van der Waals surface area contributed by atoms with E-state index in [4.69, 9.17) is 4.74 Å². The van der Waals surface area contributed by atoms with E-state index >= 15 is 0 Å². The summed E-state index contributed by atoms with van der Waals surface area (Å²) in [5.41, 5.74) is -4.11. The number of anilines is 1. The summed E-state index contributed by atoms with van der Waals surface area (Å²) in [4.78, 5) is 21.9. The van der Waals surface area contributed by atoms with Gasteiger partial charge < -0.3 is 19.7 Å². The van der Waals surface area contributed by atoms with E-state index in [0.717, 1.165) is 12.1 Å². The third-order valence-electron chi connectivity index (χ3n) is 5.74. The maximum atomic E-state index is 13.3. The highest BCUT2D eigenvalue weighted by Crippen LogP contribution is 2.39. The minimum absolute atomic E-state index is 0.0605. The van der Waals surface area contributed by atoms with Crippen molar-refractivity contribution < 1.29 is 58.6 Å². The summed E-state index contributed by atoms with van der Waals surface area (Å²) in [6, 6.07) is 2.76. The highest BCUT2D eigenvalue weighted by atomic mass is 19.4. The molecule has 2 aromatic rings. The average molecular weight is 605 g/mol. The van der Waals surface area contributed by atoms with Gasteiger partial charge in [-0.3, -0.25) is 9.59 Å². The standard InChI is InChI=1S/C23H23F9N2O2.C3H6O2/c1-4-34(3)19-6-5-16(21(24,25)26)9-15(19)11-33-13(2)20(36-12-35)14-7-17(22(27,28)29)10-18(8-14)23(30,31)32;1-2-5-3-4/h5-10,12-13,20,33H,4,11H2,1-3H3;3H,2H2,1H3. The zero-order valence-corrected chi connectivity index (χ0v) is 22.4. The fourth-order valence-electron chi connectivity index (χ4n) is 3.58. The first-order valence-corrected chi connectivity index (χ1v) is 12.0. The maximum Gasteiger partial charge on any atom is 0.416 e. The number of halogens is 9. The van der Waals surface area contributed by atoms with Crippen LogP contribution in [0.3, 0.4) is 0 Å². The zero-order chi connectivity index (χ0) is 31.6. The molecule has 0 fully saturated rings. The first-order valence-electron chi connectivity index (χ1n) is 12.0. The van der Waals surface area contributed by atoms with Crippen molar-refractivity contribution in [1.82, 2.24) is 5.32 Å². The number of carbonyl (C=O) groups excluding carboxylic acids is 2. The molecule has 2 unspecified atom stereocenters. The van der Waals surface area contributed by atoms with Gasteiger partial charge in [0.25, 0.3) is 12.9 Å². The highest BCUT2D eigenvalue weighted by molar-refractivity contribution is 5.55. The second kappa shape index (κ2) is 14.9. The van der Waals surface area contributed by atoms with Crippen LogP contribution in [0.25, 0.3) is 0 Å². The Morgan fingerprint density at radius 2 is 1.37 bits per heavy atom. The van der Waals surface area contributed by atoms with Crippen LogP contribution in [0.15, 0.2) is 36.4 Å². The molecular formula is C26H29F9N2O4. The first-order chi connectivity index (χ1) is 18.9. The molecule has 0 aliphatic rings. The molecule has 41 heavy (non-hydrogen) atoms. The SMILES string of the molecule is CCN(C)c1ccc(C(F)(F)F)cc1CNC(C)C(OC=O)c1cc(C(F)(F)F)cc(C(F)(F)F)c1.CCOC=O. The molecule has 2 rings (SSSR count). The van der Waals surface area contributed by atoms with E-state index in [2.05, 4.69) is 10.1 Å². The smallest absolute Gasteiger partial charge is 0.416 e. The zero-order valence-electron chi connectivity index (χ0n) is 22.4. The molecule has 0 saturated heterocycles. The van der Waals surface area contributed by atoms with Gasteiger partial charge in [-0.2, -0.15) is 39.5 Å². The molecule has 15 heteroatoms. The Morgan fingerprint density at radius 1 is 0.829 bits per heavy atom. The predicted molar refractivity (Wildman–Crippen MR) is 131 cm³/mol. The Balaban J connectivity index is 0.00000154. The van der Waals surface area contributed by atoms with Gasteiger partial charge in [0.1, 0.15) is 6.10 Å². The van der Waals surface area contributed by atoms with E-state index in [1.165, 1.54) is 13.0 Å². The van der Waals surface area contributed by atoms with E-state index < -0.39 is 52.9 Å². The normalized spacial score (nSPS) is 13.4. The third-order valence-corrected chi connectivity index (χ3v) is 5.74. The summed E-state index contributed by atoms with van der Waals surface area (Å²) in [5.74, 6) is 0. The molecule has 0 radical (unpaired) electrons. The molecule has 0 bridgehead atoms. The fraction of sp³-hybridized carbons (Fsp3) is 0.462. The lowest BCUT2D eigenvalue weighted by Gasteiger charge is -2.27. The molecule has 0 aliphatic carbocycles. The van der Waals surface area contributed by atoms with Gasteiger partial charge in [0.2, 0.25) is 0 Å². The number of nitrogens with zero attached hydrogens (tertiary/aromatic N) is 1. The Labute approximate surface area is 230 Å². The molecule has 2 aromatic carbocycles. The van der Waals surface area contributed by atoms with Crippen LogP contribution in [-0.4, -0.2) is 39.2 Å². The lowest BCUT2D eigenvalue weighted by molar-refractivity contribution is -0.143. The quantitative estimate of drug-likeness (QED) is 0.226. The average Bonchev–Trinajstić information content (AvgIpc) is 2.88. The number of benzene rings is 2. The van der Waals surface area contributed by atoms with E-state index in [9.17, 15) is 49.1 Å². The number of rotatable bonds is 11. The van der Waals surface area contributed by atoms with Crippen molar-refractivity contribution in [3.8, 4) is 0 Å². The Bertz CT molecular complexity index is 1100. The van der Waals surface area contributed by atoms with Gasteiger partial charge >= 0.3 is 18.5 Å². The monoisotopic (exact) mass is 604 g/mol. The topological polar surface area (TPSA) is 67.9 Å². The lowest BCUT2D eigenvalue weighted by Crippen LogP contribution is -2.34. The summed E-state index contributed by atoms with van der Waals surface area (Å²) in [6.07, 6.45) is -16.5. The second-order valence-corrected chi connectivity index (χ2v) is 8.57. The number of hydrogen-bond donors (Lipinski definition) is 1. The first kappa shape index (κ1) is 35.5. The molecule has 2 atom stereocenters. The van der Waals surface area contributed by atoms with Gasteiger partial charge in [0.15, 0.2) is 0 Å². The van der Waals surface area contributed by atoms with Crippen molar-refractivity contribution in [2.75, 3.05) is 25.1 Å². The Kier molecular flexibility index (Phi) is 12.9. The molecule has 230 valence electrons. The largest absolute Gasteiger partial charge is 0.468 e. The number of carbonyl (C=O) groups is 2. The van der Waals surface area contributed by atoms with Gasteiger partial charge in [-0.05, 0) is 68.3 Å². The Hall–Kier alpha value is -3.49. The molecule has 0 aromatic heterocycles. The summed E-state index contributed by atoms with van der Waals surface area (Å²) >= 11 is 0. The number of ether oxygens (including phenoxy) is 2. The molecule has 0 heterocycles. The molecule has 6 nitrogen and oxygen atoms in total. The van der Waals surface area contributed by atoms with Crippen molar-refractivity contribution in [2.45, 2.75) is 58.0 Å². The molecule has 0 saturated carbocycles. The van der Waals surface area contributed by atoms with Crippen LogP contribution in [0, 0.1) is 0 Å². The summed E-state index contributed by atoms with van der Waals surface area (Å²) < 4.78 is 128. The van der Waals surface area contributed by atoms with Crippen LogP contribution in [-0.2, 0) is 44.1 Å². The third kappa shape index (κ3) is 10.8. The van der Waals surface area contributed by atoms with Gasteiger partial charge in [0, 0.05) is 31.9 Å². The van der Waals surface area contributed by atoms with Crippen molar-refractivity contribution >= 4 is 18.6 Å². The van der Waals surface area contributed by atoms with Gasteiger partial charge in [-0.15, -0.1) is 0 Å². The van der Waals surface area contributed by atoms with Crippen LogP contribution in [0.2, 0.25) is 0 Å². The van der Waals surface area contributed by atoms with Gasteiger partial charge in [0.05, 0.1) is 23.3 Å². The predicted octanol–water partition coefficient (Wildman–Crippen LogP) is 6.77. The molecule has 0 aliphatic heterocycles. The summed E-state index contributed by atoms with van der Waals surface area (Å²) in [6.45, 7) is 5.80. The number of nitrogens with one attached hydrogen (secondary N) is 1. The van der Waals surface area contributed by atoms with Crippen LogP contribution < -0.4 is 10.2 Å². The van der Waals surface area contributed by atoms with Gasteiger partial charge in [-0.1, -0.05) is 0 Å². The summed E-state index contributed by atoms with van der Waals surface area (Å²) in [5, 5.41) is 2.76. The molecule has 0 amide bonds. The van der Waals surface area contributed by atoms with Gasteiger partial charge in [-0.25, -0.2) is 0 Å². The van der Waals surface area contributed by atoms with Crippen LogP contribution in [0.1, 0.15) is 54.7 Å². The van der Waals surface area contributed by atoms with Crippen LogP contribution in [0.5, 0.6) is 0 Å². The lowest BCUT2D eigenvalue weighted by atomic mass is 9.97. The van der Waals surface area contributed by atoms with E-state index in [0.29, 0.717) is 37.4 Å². The number of alkyl halides is 9. The van der Waals surface area contributed by atoms with Crippen LogP contribution in [0.4, 0.5) is 45.2 Å².